The van der Waals surface area contributed by atoms with Crippen LogP contribution in [0.1, 0.15) is 38.3 Å². The fraction of sp³-hybridized carbons (Fsp3) is 0.600. The molecule has 0 saturated carbocycles. The van der Waals surface area contributed by atoms with Crippen LogP contribution in [0.4, 0.5) is 0 Å². The van der Waals surface area contributed by atoms with E-state index in [0.717, 1.165) is 23.5 Å². The molecule has 0 aliphatic carbocycles. The molecule has 0 spiro atoms. The molecule has 0 saturated heterocycles. The van der Waals surface area contributed by atoms with Gasteiger partial charge >= 0.3 is 0 Å². The zero-order valence-electron chi connectivity index (χ0n) is 12.9. The molecule has 21 heavy (non-hydrogen) atoms. The Kier molecular flexibility index (Phi) is 7.73. The number of rotatable bonds is 9. The van der Waals surface area contributed by atoms with E-state index in [1.807, 2.05) is 13.8 Å². The summed E-state index contributed by atoms with van der Waals surface area (Å²) in [4.78, 5) is 0.284. The van der Waals surface area contributed by atoms with E-state index in [2.05, 4.69) is 11.6 Å². The molecule has 2 N–H and O–H groups in total. The fourth-order valence-corrected chi connectivity index (χ4v) is 4.48. The van der Waals surface area contributed by atoms with E-state index < -0.39 is 10.0 Å². The largest absolute Gasteiger partial charge is 0.392 e. The van der Waals surface area contributed by atoms with Crippen molar-refractivity contribution < 1.29 is 13.5 Å². The van der Waals surface area contributed by atoms with Crippen LogP contribution in [0.5, 0.6) is 0 Å². The summed E-state index contributed by atoms with van der Waals surface area (Å²) in [5.74, 6) is 1.98. The van der Waals surface area contributed by atoms with Gasteiger partial charge in [-0.3, -0.25) is 0 Å². The molecule has 1 aromatic carbocycles. The third-order valence-corrected chi connectivity index (χ3v) is 5.84. The summed E-state index contributed by atoms with van der Waals surface area (Å²) < 4.78 is 27.8. The number of thioether (sulfide) groups is 1. The molecule has 0 radical (unpaired) electrons. The molecule has 0 bridgehead atoms. The highest BCUT2D eigenvalue weighted by Gasteiger charge is 2.20. The maximum absolute atomic E-state index is 12.5. The Morgan fingerprint density at radius 3 is 2.62 bits per heavy atom. The van der Waals surface area contributed by atoms with Crippen LogP contribution in [0.25, 0.3) is 0 Å². The molecule has 0 fully saturated rings. The zero-order chi connectivity index (χ0) is 15.9. The molecular formula is C15H25NO3S2. The smallest absolute Gasteiger partial charge is 0.241 e. The van der Waals surface area contributed by atoms with Gasteiger partial charge in [-0.2, -0.15) is 11.8 Å². The van der Waals surface area contributed by atoms with Gasteiger partial charge in [-0.25, -0.2) is 13.1 Å². The Hall–Kier alpha value is -0.560. The summed E-state index contributed by atoms with van der Waals surface area (Å²) >= 11 is 1.80. The summed E-state index contributed by atoms with van der Waals surface area (Å²) in [5.41, 5.74) is 1.39. The van der Waals surface area contributed by atoms with Crippen molar-refractivity contribution in [3.8, 4) is 0 Å². The van der Waals surface area contributed by atoms with E-state index in [4.69, 9.17) is 0 Å². The van der Waals surface area contributed by atoms with Gasteiger partial charge in [0.1, 0.15) is 0 Å². The molecule has 0 aliphatic rings. The molecule has 0 amide bonds. The zero-order valence-corrected chi connectivity index (χ0v) is 14.6. The quantitative estimate of drug-likeness (QED) is 0.683. The molecular weight excluding hydrogens is 306 g/mol. The van der Waals surface area contributed by atoms with Crippen molar-refractivity contribution in [2.24, 2.45) is 0 Å². The van der Waals surface area contributed by atoms with E-state index in [-0.39, 0.29) is 17.5 Å². The minimum absolute atomic E-state index is 0.100. The van der Waals surface area contributed by atoms with E-state index in [0.29, 0.717) is 12.0 Å². The minimum atomic E-state index is -3.54. The van der Waals surface area contributed by atoms with Crippen LogP contribution in [0.3, 0.4) is 0 Å². The molecule has 6 heteroatoms. The van der Waals surface area contributed by atoms with Crippen molar-refractivity contribution in [2.75, 3.05) is 11.5 Å². The average Bonchev–Trinajstić information content (AvgIpc) is 2.46. The lowest BCUT2D eigenvalue weighted by Gasteiger charge is -2.16. The molecule has 0 heterocycles. The first-order valence-corrected chi connectivity index (χ1v) is 9.91. The molecule has 1 unspecified atom stereocenters. The van der Waals surface area contributed by atoms with Crippen LogP contribution in [-0.2, 0) is 23.1 Å². The summed E-state index contributed by atoms with van der Waals surface area (Å²) in [5, 5.41) is 9.20. The van der Waals surface area contributed by atoms with Gasteiger partial charge in [0.05, 0.1) is 11.5 Å². The molecule has 1 atom stereocenters. The summed E-state index contributed by atoms with van der Waals surface area (Å²) in [7, 11) is -3.54. The van der Waals surface area contributed by atoms with E-state index >= 15 is 0 Å². The Morgan fingerprint density at radius 2 is 2.05 bits per heavy atom. The van der Waals surface area contributed by atoms with E-state index in [1.165, 1.54) is 0 Å². The average molecular weight is 332 g/mol. The van der Waals surface area contributed by atoms with Gasteiger partial charge in [0.25, 0.3) is 0 Å². The first-order valence-electron chi connectivity index (χ1n) is 7.27. The maximum Gasteiger partial charge on any atom is 0.241 e. The molecule has 120 valence electrons. The van der Waals surface area contributed by atoms with Crippen molar-refractivity contribution in [2.45, 2.75) is 51.2 Å². The standard InChI is InChI=1S/C15H25NO3S2/c1-4-14-7-6-13(11-17)10-15(14)21(18,19)16-12(3)8-9-20-5-2/h6-7,10,12,16-17H,4-5,8-9,11H2,1-3H3. The highest BCUT2D eigenvalue weighted by molar-refractivity contribution is 7.99. The van der Waals surface area contributed by atoms with Crippen LogP contribution in [0.15, 0.2) is 23.1 Å². The number of aryl methyl sites for hydroxylation is 1. The second-order valence-corrected chi connectivity index (χ2v) is 8.04. The predicted molar refractivity (Wildman–Crippen MR) is 89.1 cm³/mol. The molecule has 1 aromatic rings. The fourth-order valence-electron chi connectivity index (χ4n) is 2.03. The van der Waals surface area contributed by atoms with Gasteiger partial charge in [-0.1, -0.05) is 26.0 Å². The first kappa shape index (κ1) is 18.5. The lowest BCUT2D eigenvalue weighted by atomic mass is 10.1. The van der Waals surface area contributed by atoms with Crippen molar-refractivity contribution >= 4 is 21.8 Å². The van der Waals surface area contributed by atoms with Crippen LogP contribution in [0, 0.1) is 0 Å². The number of sulfonamides is 1. The molecule has 0 aliphatic heterocycles. The number of hydrogen-bond acceptors (Lipinski definition) is 4. The lowest BCUT2D eigenvalue weighted by molar-refractivity contribution is 0.281. The topological polar surface area (TPSA) is 66.4 Å². The Bertz CT molecular complexity index is 544. The highest BCUT2D eigenvalue weighted by atomic mass is 32.2. The van der Waals surface area contributed by atoms with Crippen molar-refractivity contribution in [1.29, 1.82) is 0 Å². The first-order chi connectivity index (χ1) is 9.94. The van der Waals surface area contributed by atoms with Crippen molar-refractivity contribution in [1.82, 2.24) is 4.72 Å². The lowest BCUT2D eigenvalue weighted by Crippen LogP contribution is -2.33. The highest BCUT2D eigenvalue weighted by Crippen LogP contribution is 2.19. The van der Waals surface area contributed by atoms with Gasteiger partial charge in [0.2, 0.25) is 10.0 Å². The van der Waals surface area contributed by atoms with Gasteiger partial charge in [-0.15, -0.1) is 0 Å². The Morgan fingerprint density at radius 1 is 1.33 bits per heavy atom. The normalized spacial score (nSPS) is 13.3. The third kappa shape index (κ3) is 5.62. The molecule has 4 nitrogen and oxygen atoms in total. The van der Waals surface area contributed by atoms with Crippen molar-refractivity contribution in [3.05, 3.63) is 29.3 Å². The minimum Gasteiger partial charge on any atom is -0.392 e. The summed E-state index contributed by atoms with van der Waals surface area (Å²) in [6, 6.07) is 5.00. The molecule has 1 rings (SSSR count). The summed E-state index contributed by atoms with van der Waals surface area (Å²) in [6.07, 6.45) is 1.45. The Balaban J connectivity index is 2.91. The monoisotopic (exact) mass is 331 g/mol. The number of benzene rings is 1. The van der Waals surface area contributed by atoms with Crippen molar-refractivity contribution in [3.63, 3.8) is 0 Å². The van der Waals surface area contributed by atoms with Crippen LogP contribution >= 0.6 is 11.8 Å². The number of hydrogen-bond donors (Lipinski definition) is 2. The van der Waals surface area contributed by atoms with Crippen LogP contribution in [-0.4, -0.2) is 31.1 Å². The van der Waals surface area contributed by atoms with Crippen LogP contribution < -0.4 is 4.72 Å². The molecule has 0 aromatic heterocycles. The number of aliphatic hydroxyl groups excluding tert-OH is 1. The SMILES string of the molecule is CCSCCC(C)NS(=O)(=O)c1cc(CO)ccc1CC. The third-order valence-electron chi connectivity index (χ3n) is 3.24. The van der Waals surface area contributed by atoms with E-state index in [9.17, 15) is 13.5 Å². The number of nitrogens with one attached hydrogen (secondary N) is 1. The van der Waals surface area contributed by atoms with Crippen LogP contribution in [0.2, 0.25) is 0 Å². The summed E-state index contributed by atoms with van der Waals surface area (Å²) in [6.45, 7) is 5.74. The van der Waals surface area contributed by atoms with Gasteiger partial charge in [-0.05, 0) is 48.5 Å². The second-order valence-electron chi connectivity index (χ2n) is 4.96. The van der Waals surface area contributed by atoms with Gasteiger partial charge in [0, 0.05) is 6.04 Å². The second kappa shape index (κ2) is 8.78. The van der Waals surface area contributed by atoms with E-state index in [1.54, 1.807) is 30.0 Å². The van der Waals surface area contributed by atoms with Gasteiger partial charge < -0.3 is 5.11 Å². The predicted octanol–water partition coefficient (Wildman–Crippen LogP) is 2.55. The number of aliphatic hydroxyl groups is 1. The maximum atomic E-state index is 12.5. The van der Waals surface area contributed by atoms with Gasteiger partial charge in [0.15, 0.2) is 0 Å². The Labute approximate surface area is 132 Å².